The van der Waals surface area contributed by atoms with E-state index in [1.807, 2.05) is 30.5 Å². The molecule has 0 saturated carbocycles. The highest BCUT2D eigenvalue weighted by Gasteiger charge is 2.08. The molecule has 0 amide bonds. The van der Waals surface area contributed by atoms with Crippen molar-refractivity contribution in [2.45, 2.75) is 19.9 Å². The molecule has 1 aromatic carbocycles. The van der Waals surface area contributed by atoms with Gasteiger partial charge in [0.2, 0.25) is 0 Å². The van der Waals surface area contributed by atoms with E-state index in [1.54, 1.807) is 6.20 Å². The number of aldehydes is 1. The van der Waals surface area contributed by atoms with Crippen LogP contribution < -0.4 is 0 Å². The van der Waals surface area contributed by atoms with Crippen LogP contribution in [0.3, 0.4) is 0 Å². The van der Waals surface area contributed by atoms with Crippen molar-refractivity contribution in [3.8, 4) is 11.4 Å². The molecule has 82 valence electrons. The van der Waals surface area contributed by atoms with Gasteiger partial charge in [-0.2, -0.15) is 0 Å². The van der Waals surface area contributed by atoms with Crippen LogP contribution >= 0.6 is 0 Å². The maximum absolute atomic E-state index is 11.0. The molecular weight excluding hydrogens is 200 g/mol. The summed E-state index contributed by atoms with van der Waals surface area (Å²) in [4.78, 5) is 15.3. The molecular formula is C13H14N2O. The van der Waals surface area contributed by atoms with E-state index in [2.05, 4.69) is 16.5 Å². The predicted octanol–water partition coefficient (Wildman–Crippen LogP) is 2.77. The van der Waals surface area contributed by atoms with Crippen LogP contribution in [0.1, 0.15) is 23.7 Å². The molecule has 0 aliphatic heterocycles. The Bertz CT molecular complexity index is 488. The summed E-state index contributed by atoms with van der Waals surface area (Å²) in [7, 11) is 0. The fourth-order valence-corrected chi connectivity index (χ4v) is 1.78. The molecule has 0 saturated heterocycles. The summed E-state index contributed by atoms with van der Waals surface area (Å²) in [6.07, 6.45) is 5.64. The van der Waals surface area contributed by atoms with Gasteiger partial charge >= 0.3 is 0 Å². The van der Waals surface area contributed by atoms with Crippen LogP contribution in [0.2, 0.25) is 0 Å². The number of carbonyl (C=O) groups is 1. The third-order valence-corrected chi connectivity index (χ3v) is 2.51. The second-order valence-corrected chi connectivity index (χ2v) is 3.65. The van der Waals surface area contributed by atoms with Gasteiger partial charge in [0.15, 0.2) is 6.29 Å². The molecule has 0 fully saturated rings. The van der Waals surface area contributed by atoms with Crippen LogP contribution in [0.5, 0.6) is 0 Å². The number of aryl methyl sites for hydroxylation is 1. The summed E-state index contributed by atoms with van der Waals surface area (Å²) in [6, 6.07) is 7.53. The Morgan fingerprint density at radius 2 is 2.19 bits per heavy atom. The van der Waals surface area contributed by atoms with E-state index in [4.69, 9.17) is 0 Å². The van der Waals surface area contributed by atoms with E-state index in [-0.39, 0.29) is 0 Å². The summed E-state index contributed by atoms with van der Waals surface area (Å²) < 4.78 is 2.07. The lowest BCUT2D eigenvalue weighted by molar-refractivity contribution is 0.112. The Labute approximate surface area is 94.7 Å². The highest BCUT2D eigenvalue weighted by atomic mass is 16.1. The first kappa shape index (κ1) is 10.6. The summed E-state index contributed by atoms with van der Waals surface area (Å²) in [5.74, 6) is 0.865. The molecule has 0 N–H and O–H groups in total. The van der Waals surface area contributed by atoms with Gasteiger partial charge in [0.1, 0.15) is 5.82 Å². The van der Waals surface area contributed by atoms with Gasteiger partial charge < -0.3 is 4.57 Å². The predicted molar refractivity (Wildman–Crippen MR) is 63.3 cm³/mol. The Hall–Kier alpha value is -1.90. The third-order valence-electron chi connectivity index (χ3n) is 2.51. The number of aromatic nitrogens is 2. The molecule has 2 rings (SSSR count). The van der Waals surface area contributed by atoms with E-state index in [0.29, 0.717) is 5.56 Å². The summed E-state index contributed by atoms with van der Waals surface area (Å²) in [5, 5.41) is 0. The van der Waals surface area contributed by atoms with Gasteiger partial charge in [0.25, 0.3) is 0 Å². The van der Waals surface area contributed by atoms with Crippen molar-refractivity contribution in [2.75, 3.05) is 0 Å². The largest absolute Gasteiger partial charge is 0.331 e. The molecule has 0 spiro atoms. The Balaban J connectivity index is 2.49. The minimum atomic E-state index is 0.686. The second-order valence-electron chi connectivity index (χ2n) is 3.65. The molecule has 0 aliphatic carbocycles. The van der Waals surface area contributed by atoms with Gasteiger partial charge in [-0.25, -0.2) is 4.98 Å². The number of carbonyl (C=O) groups excluding carboxylic acids is 1. The molecule has 0 bridgehead atoms. The van der Waals surface area contributed by atoms with Gasteiger partial charge in [-0.1, -0.05) is 31.2 Å². The van der Waals surface area contributed by atoms with Crippen LogP contribution in [-0.2, 0) is 6.54 Å². The first-order chi connectivity index (χ1) is 7.86. The summed E-state index contributed by atoms with van der Waals surface area (Å²) in [6.45, 7) is 3.04. The molecule has 0 radical (unpaired) electrons. The normalized spacial score (nSPS) is 10.3. The summed E-state index contributed by atoms with van der Waals surface area (Å²) in [5.41, 5.74) is 1.59. The molecule has 16 heavy (non-hydrogen) atoms. The van der Waals surface area contributed by atoms with Crippen molar-refractivity contribution in [3.63, 3.8) is 0 Å². The average molecular weight is 214 g/mol. The molecule has 1 aromatic heterocycles. The lowest BCUT2D eigenvalue weighted by atomic mass is 10.1. The number of benzene rings is 1. The topological polar surface area (TPSA) is 34.9 Å². The highest BCUT2D eigenvalue weighted by Crippen LogP contribution is 2.20. The highest BCUT2D eigenvalue weighted by molar-refractivity contribution is 5.85. The van der Waals surface area contributed by atoms with Gasteiger partial charge in [0, 0.05) is 30.1 Å². The standard InChI is InChI=1S/C13H14N2O/c1-2-8-15-9-7-14-13(15)12-6-4-3-5-11(12)10-16/h3-7,9-10H,2,8H2,1H3. The Kier molecular flexibility index (Phi) is 3.15. The van der Waals surface area contributed by atoms with Crippen LogP contribution in [0.4, 0.5) is 0 Å². The van der Waals surface area contributed by atoms with E-state index < -0.39 is 0 Å². The number of hydrogen-bond donors (Lipinski definition) is 0. The van der Waals surface area contributed by atoms with E-state index >= 15 is 0 Å². The SMILES string of the molecule is CCCn1ccnc1-c1ccccc1C=O. The first-order valence-electron chi connectivity index (χ1n) is 5.42. The second kappa shape index (κ2) is 4.75. The van der Waals surface area contributed by atoms with Crippen molar-refractivity contribution < 1.29 is 4.79 Å². The van der Waals surface area contributed by atoms with E-state index in [1.165, 1.54) is 0 Å². The molecule has 0 unspecified atom stereocenters. The minimum absolute atomic E-state index is 0.686. The van der Waals surface area contributed by atoms with Gasteiger partial charge in [-0.3, -0.25) is 4.79 Å². The van der Waals surface area contributed by atoms with Crippen molar-refractivity contribution in [3.05, 3.63) is 42.2 Å². The zero-order valence-corrected chi connectivity index (χ0v) is 9.26. The smallest absolute Gasteiger partial charge is 0.150 e. The zero-order chi connectivity index (χ0) is 11.4. The molecule has 2 aromatic rings. The Morgan fingerprint density at radius 1 is 1.38 bits per heavy atom. The van der Waals surface area contributed by atoms with Crippen LogP contribution in [0.15, 0.2) is 36.7 Å². The number of rotatable bonds is 4. The van der Waals surface area contributed by atoms with Crippen molar-refractivity contribution >= 4 is 6.29 Å². The van der Waals surface area contributed by atoms with E-state index in [9.17, 15) is 4.79 Å². The number of hydrogen-bond acceptors (Lipinski definition) is 2. The number of nitrogens with zero attached hydrogens (tertiary/aromatic N) is 2. The lowest BCUT2D eigenvalue weighted by Gasteiger charge is -2.07. The average Bonchev–Trinajstić information content (AvgIpc) is 2.77. The molecule has 1 heterocycles. The minimum Gasteiger partial charge on any atom is -0.331 e. The molecule has 3 nitrogen and oxygen atoms in total. The fraction of sp³-hybridized carbons (Fsp3) is 0.231. The maximum Gasteiger partial charge on any atom is 0.150 e. The van der Waals surface area contributed by atoms with Crippen molar-refractivity contribution in [1.29, 1.82) is 0 Å². The van der Waals surface area contributed by atoms with E-state index in [0.717, 1.165) is 30.6 Å². The van der Waals surface area contributed by atoms with Gasteiger partial charge in [0.05, 0.1) is 0 Å². The van der Waals surface area contributed by atoms with Crippen LogP contribution in [0.25, 0.3) is 11.4 Å². The quantitative estimate of drug-likeness (QED) is 0.733. The van der Waals surface area contributed by atoms with Gasteiger partial charge in [-0.05, 0) is 6.42 Å². The monoisotopic (exact) mass is 214 g/mol. The van der Waals surface area contributed by atoms with Crippen LogP contribution in [0, 0.1) is 0 Å². The first-order valence-corrected chi connectivity index (χ1v) is 5.42. The fourth-order valence-electron chi connectivity index (χ4n) is 1.78. The molecule has 0 aliphatic rings. The zero-order valence-electron chi connectivity index (χ0n) is 9.26. The van der Waals surface area contributed by atoms with Crippen LogP contribution in [-0.4, -0.2) is 15.8 Å². The summed E-state index contributed by atoms with van der Waals surface area (Å²) >= 11 is 0. The molecule has 3 heteroatoms. The molecule has 0 atom stereocenters. The van der Waals surface area contributed by atoms with Crippen molar-refractivity contribution in [2.24, 2.45) is 0 Å². The van der Waals surface area contributed by atoms with Crippen molar-refractivity contribution in [1.82, 2.24) is 9.55 Å². The Morgan fingerprint density at radius 3 is 2.94 bits per heavy atom. The lowest BCUT2D eigenvalue weighted by Crippen LogP contribution is -2.00. The van der Waals surface area contributed by atoms with Gasteiger partial charge in [-0.15, -0.1) is 0 Å². The maximum atomic E-state index is 11.0. The third kappa shape index (κ3) is 1.89. The number of imidazole rings is 1.